The van der Waals surface area contributed by atoms with E-state index in [0.29, 0.717) is 11.6 Å². The number of hydrogen-bond donors (Lipinski definition) is 2. The van der Waals surface area contributed by atoms with E-state index in [1.54, 1.807) is 0 Å². The molecule has 0 radical (unpaired) electrons. The standard InChI is InChI=1S/C13H11N3O4S3/c14-23(18,19)10-3-5-22-11(10)12(17)15-6-8-7-20-13(16-8)9-2-1-4-21-9/h1-5,7H,6H2,(H,15,17)(H2,14,18,19). The zero-order valence-corrected chi connectivity index (χ0v) is 14.0. The largest absolute Gasteiger partial charge is 0.443 e. The highest BCUT2D eigenvalue weighted by Gasteiger charge is 2.21. The highest BCUT2D eigenvalue weighted by Crippen LogP contribution is 2.24. The second-order valence-electron chi connectivity index (χ2n) is 4.46. The Kier molecular flexibility index (Phi) is 4.31. The van der Waals surface area contributed by atoms with Gasteiger partial charge in [0.15, 0.2) is 0 Å². The van der Waals surface area contributed by atoms with E-state index >= 15 is 0 Å². The third-order valence-corrected chi connectivity index (χ3v) is 5.71. The molecule has 0 aliphatic carbocycles. The van der Waals surface area contributed by atoms with Gasteiger partial charge >= 0.3 is 0 Å². The van der Waals surface area contributed by atoms with E-state index < -0.39 is 15.9 Å². The van der Waals surface area contributed by atoms with E-state index in [2.05, 4.69) is 10.3 Å². The van der Waals surface area contributed by atoms with Crippen LogP contribution in [0.3, 0.4) is 0 Å². The highest BCUT2D eigenvalue weighted by molar-refractivity contribution is 7.89. The first-order chi connectivity index (χ1) is 10.9. The summed E-state index contributed by atoms with van der Waals surface area (Å²) in [5, 5.41) is 11.1. The Morgan fingerprint density at radius 1 is 1.30 bits per heavy atom. The van der Waals surface area contributed by atoms with E-state index in [1.807, 2.05) is 17.5 Å². The Bertz CT molecular complexity index is 925. The molecule has 0 spiro atoms. The molecule has 10 heteroatoms. The second-order valence-corrected chi connectivity index (χ2v) is 7.86. The van der Waals surface area contributed by atoms with Crippen LogP contribution in [0.1, 0.15) is 15.4 Å². The molecule has 0 bridgehead atoms. The van der Waals surface area contributed by atoms with Crippen molar-refractivity contribution in [3.8, 4) is 10.8 Å². The van der Waals surface area contributed by atoms with Crippen LogP contribution in [0, 0.1) is 0 Å². The van der Waals surface area contributed by atoms with Gasteiger partial charge in [-0.3, -0.25) is 4.79 Å². The zero-order chi connectivity index (χ0) is 16.4. The molecule has 7 nitrogen and oxygen atoms in total. The topological polar surface area (TPSA) is 115 Å². The summed E-state index contributed by atoms with van der Waals surface area (Å²) in [7, 11) is -3.93. The smallest absolute Gasteiger partial charge is 0.263 e. The van der Waals surface area contributed by atoms with E-state index in [1.165, 1.54) is 29.0 Å². The monoisotopic (exact) mass is 369 g/mol. The third kappa shape index (κ3) is 3.50. The third-order valence-electron chi connectivity index (χ3n) is 2.86. The van der Waals surface area contributed by atoms with Gasteiger partial charge in [0.25, 0.3) is 5.91 Å². The van der Waals surface area contributed by atoms with Crippen molar-refractivity contribution in [3.63, 3.8) is 0 Å². The lowest BCUT2D eigenvalue weighted by Crippen LogP contribution is -2.25. The van der Waals surface area contributed by atoms with Gasteiger partial charge in [-0.2, -0.15) is 0 Å². The van der Waals surface area contributed by atoms with Gasteiger partial charge in [-0.1, -0.05) is 6.07 Å². The lowest BCUT2D eigenvalue weighted by Gasteiger charge is -2.03. The summed E-state index contributed by atoms with van der Waals surface area (Å²) in [6, 6.07) is 5.07. The highest BCUT2D eigenvalue weighted by atomic mass is 32.2. The molecule has 3 aromatic rings. The van der Waals surface area contributed by atoms with Crippen molar-refractivity contribution in [1.29, 1.82) is 0 Å². The number of sulfonamides is 1. The fraction of sp³-hybridized carbons (Fsp3) is 0.0769. The average molecular weight is 369 g/mol. The predicted molar refractivity (Wildman–Crippen MR) is 86.7 cm³/mol. The van der Waals surface area contributed by atoms with Crippen molar-refractivity contribution in [2.75, 3.05) is 0 Å². The van der Waals surface area contributed by atoms with Crippen molar-refractivity contribution < 1.29 is 17.6 Å². The summed E-state index contributed by atoms with van der Waals surface area (Å²) in [5.74, 6) is -0.0460. The molecule has 3 rings (SSSR count). The van der Waals surface area contributed by atoms with E-state index in [-0.39, 0.29) is 16.3 Å². The van der Waals surface area contributed by atoms with Crippen molar-refractivity contribution in [1.82, 2.24) is 10.3 Å². The quantitative estimate of drug-likeness (QED) is 0.714. The molecule has 0 saturated heterocycles. The maximum absolute atomic E-state index is 12.1. The number of amides is 1. The van der Waals surface area contributed by atoms with Crippen molar-refractivity contribution >= 4 is 38.6 Å². The Balaban J connectivity index is 1.70. The van der Waals surface area contributed by atoms with Gasteiger partial charge in [-0.05, 0) is 22.9 Å². The van der Waals surface area contributed by atoms with Crippen LogP contribution in [0.5, 0.6) is 0 Å². The van der Waals surface area contributed by atoms with Crippen LogP contribution >= 0.6 is 22.7 Å². The molecule has 3 heterocycles. The van der Waals surface area contributed by atoms with E-state index in [9.17, 15) is 13.2 Å². The summed E-state index contributed by atoms with van der Waals surface area (Å²) >= 11 is 2.50. The average Bonchev–Trinajstić information content (AvgIpc) is 3.22. The first-order valence-electron chi connectivity index (χ1n) is 6.32. The maximum atomic E-state index is 12.1. The number of nitrogens with zero attached hydrogens (tertiary/aromatic N) is 1. The summed E-state index contributed by atoms with van der Waals surface area (Å²) in [4.78, 5) is 17.1. The fourth-order valence-electron chi connectivity index (χ4n) is 1.84. The number of nitrogens with two attached hydrogens (primary N) is 1. The molecule has 3 aromatic heterocycles. The fourth-order valence-corrected chi connectivity index (χ4v) is 4.39. The van der Waals surface area contributed by atoms with Crippen LogP contribution in [-0.2, 0) is 16.6 Å². The van der Waals surface area contributed by atoms with Crippen molar-refractivity contribution in [3.05, 3.63) is 45.8 Å². The molecule has 0 fully saturated rings. The van der Waals surface area contributed by atoms with Crippen LogP contribution in [-0.4, -0.2) is 19.3 Å². The van der Waals surface area contributed by atoms with Crippen LogP contribution < -0.4 is 10.5 Å². The second kappa shape index (κ2) is 6.24. The first-order valence-corrected chi connectivity index (χ1v) is 9.62. The minimum atomic E-state index is -3.93. The van der Waals surface area contributed by atoms with Gasteiger partial charge in [0.2, 0.25) is 15.9 Å². The van der Waals surface area contributed by atoms with Crippen LogP contribution in [0.2, 0.25) is 0 Å². The normalized spacial score (nSPS) is 11.5. The summed E-state index contributed by atoms with van der Waals surface area (Å²) in [6.07, 6.45) is 1.45. The summed E-state index contributed by atoms with van der Waals surface area (Å²) in [6.45, 7) is 0.121. The van der Waals surface area contributed by atoms with Crippen LogP contribution in [0.25, 0.3) is 10.8 Å². The molecular weight excluding hydrogens is 358 g/mol. The van der Waals surface area contributed by atoms with Gasteiger partial charge < -0.3 is 9.73 Å². The molecule has 0 aliphatic heterocycles. The van der Waals surface area contributed by atoms with Gasteiger partial charge in [0.1, 0.15) is 16.0 Å². The zero-order valence-electron chi connectivity index (χ0n) is 11.6. The minimum absolute atomic E-state index is 0.0504. The van der Waals surface area contributed by atoms with Crippen molar-refractivity contribution in [2.24, 2.45) is 5.14 Å². The molecule has 23 heavy (non-hydrogen) atoms. The maximum Gasteiger partial charge on any atom is 0.263 e. The lowest BCUT2D eigenvalue weighted by atomic mass is 10.4. The van der Waals surface area contributed by atoms with Gasteiger partial charge in [0, 0.05) is 0 Å². The lowest BCUT2D eigenvalue weighted by molar-refractivity contribution is 0.0951. The number of oxazole rings is 1. The number of rotatable bonds is 5. The van der Waals surface area contributed by atoms with Gasteiger partial charge in [0.05, 0.1) is 17.1 Å². The molecule has 1 amide bonds. The van der Waals surface area contributed by atoms with Crippen LogP contribution in [0.15, 0.2) is 44.5 Å². The molecule has 0 atom stereocenters. The van der Waals surface area contributed by atoms with Gasteiger partial charge in [-0.25, -0.2) is 18.5 Å². The molecular formula is C13H11N3O4S3. The number of hydrogen-bond acceptors (Lipinski definition) is 7. The Morgan fingerprint density at radius 3 is 2.83 bits per heavy atom. The molecule has 3 N–H and O–H groups in total. The van der Waals surface area contributed by atoms with Gasteiger partial charge in [-0.15, -0.1) is 22.7 Å². The molecule has 0 aliphatic rings. The molecule has 0 unspecified atom stereocenters. The Morgan fingerprint density at radius 2 is 2.13 bits per heavy atom. The number of carbonyl (C=O) groups is 1. The SMILES string of the molecule is NS(=O)(=O)c1ccsc1C(=O)NCc1coc(-c2cccs2)n1. The number of primary sulfonamides is 1. The molecule has 0 aromatic carbocycles. The number of nitrogens with one attached hydrogen (secondary N) is 1. The van der Waals surface area contributed by atoms with Crippen LogP contribution in [0.4, 0.5) is 0 Å². The first kappa shape index (κ1) is 15.9. The number of aromatic nitrogens is 1. The minimum Gasteiger partial charge on any atom is -0.443 e. The Hall–Kier alpha value is -2.01. The predicted octanol–water partition coefficient (Wildman–Crippen LogP) is 2.04. The molecule has 120 valence electrons. The molecule has 0 saturated carbocycles. The summed E-state index contributed by atoms with van der Waals surface area (Å²) in [5.41, 5.74) is 0.537. The Labute approximate surface area is 139 Å². The number of carbonyl (C=O) groups excluding carboxylic acids is 1. The summed E-state index contributed by atoms with van der Waals surface area (Å²) < 4.78 is 28.2. The number of thiophene rings is 2. The van der Waals surface area contributed by atoms with Crippen molar-refractivity contribution in [2.45, 2.75) is 11.4 Å². The van der Waals surface area contributed by atoms with E-state index in [0.717, 1.165) is 16.2 Å². The van der Waals surface area contributed by atoms with E-state index in [4.69, 9.17) is 9.56 Å².